The number of carbonyl (C=O) groups is 2. The van der Waals surface area contributed by atoms with E-state index in [-0.39, 0.29) is 17.9 Å². The molecule has 3 aromatic heterocycles. The maximum absolute atomic E-state index is 13.3. The standard InChI is InChI=1S/C25H27N5O3S2/c1-3-29(17(2)23(26)31)12-8-13-30(24(32)22-11-7-14-34-22)25-27-20(16-35-25)21-15-19(28-33-21)18-9-5-4-6-10-18/h4-7,9-11,14-17H,3,8,12-13H2,1-2H3,(H2,26,31). The summed E-state index contributed by atoms with van der Waals surface area (Å²) < 4.78 is 5.55. The Morgan fingerprint density at radius 2 is 1.89 bits per heavy atom. The van der Waals surface area contributed by atoms with Gasteiger partial charge in [0.2, 0.25) is 5.91 Å². The lowest BCUT2D eigenvalue weighted by atomic mass is 10.1. The quantitative estimate of drug-likeness (QED) is 0.313. The largest absolute Gasteiger partial charge is 0.368 e. The van der Waals surface area contributed by atoms with E-state index < -0.39 is 0 Å². The summed E-state index contributed by atoms with van der Waals surface area (Å²) in [5.74, 6) is 0.0848. The van der Waals surface area contributed by atoms with E-state index >= 15 is 0 Å². The Bertz CT molecular complexity index is 1250. The van der Waals surface area contributed by atoms with Gasteiger partial charge in [-0.3, -0.25) is 19.4 Å². The minimum Gasteiger partial charge on any atom is -0.368 e. The molecule has 4 aromatic rings. The van der Waals surface area contributed by atoms with Crippen molar-refractivity contribution >= 4 is 39.6 Å². The minimum atomic E-state index is -0.363. The van der Waals surface area contributed by atoms with Crippen molar-refractivity contribution in [3.8, 4) is 22.7 Å². The number of nitrogens with two attached hydrogens (primary N) is 1. The van der Waals surface area contributed by atoms with Gasteiger partial charge in [-0.05, 0) is 31.3 Å². The normalized spacial score (nSPS) is 12.1. The molecule has 8 nitrogen and oxygen atoms in total. The predicted octanol–water partition coefficient (Wildman–Crippen LogP) is 4.76. The van der Waals surface area contributed by atoms with Gasteiger partial charge in [-0.25, -0.2) is 4.98 Å². The zero-order valence-electron chi connectivity index (χ0n) is 19.6. The van der Waals surface area contributed by atoms with E-state index in [0.29, 0.717) is 47.5 Å². The summed E-state index contributed by atoms with van der Waals surface area (Å²) in [6.45, 7) is 5.57. The van der Waals surface area contributed by atoms with Gasteiger partial charge in [0.1, 0.15) is 11.4 Å². The van der Waals surface area contributed by atoms with Crippen LogP contribution in [0.15, 0.2) is 63.8 Å². The van der Waals surface area contributed by atoms with Gasteiger partial charge >= 0.3 is 0 Å². The molecule has 35 heavy (non-hydrogen) atoms. The molecule has 2 amide bonds. The number of thiophene rings is 1. The number of likely N-dealkylation sites (N-methyl/N-ethyl adjacent to an activating group) is 1. The van der Waals surface area contributed by atoms with Crippen molar-refractivity contribution in [2.24, 2.45) is 5.73 Å². The molecule has 10 heteroatoms. The summed E-state index contributed by atoms with van der Waals surface area (Å²) in [6, 6.07) is 14.9. The van der Waals surface area contributed by atoms with E-state index in [9.17, 15) is 9.59 Å². The van der Waals surface area contributed by atoms with Gasteiger partial charge in [-0.1, -0.05) is 48.5 Å². The van der Waals surface area contributed by atoms with Crippen LogP contribution in [0.4, 0.5) is 5.13 Å². The molecule has 0 aliphatic rings. The average molecular weight is 510 g/mol. The van der Waals surface area contributed by atoms with E-state index in [4.69, 9.17) is 15.2 Å². The van der Waals surface area contributed by atoms with Crippen molar-refractivity contribution in [1.29, 1.82) is 0 Å². The third-order valence-corrected chi connectivity index (χ3v) is 7.45. The predicted molar refractivity (Wildman–Crippen MR) is 140 cm³/mol. The molecule has 0 bridgehead atoms. The second-order valence-corrected chi connectivity index (χ2v) is 9.74. The Kier molecular flexibility index (Phi) is 8.06. The number of anilines is 1. The van der Waals surface area contributed by atoms with Crippen LogP contribution in [0.2, 0.25) is 0 Å². The molecule has 0 spiro atoms. The highest BCUT2D eigenvalue weighted by molar-refractivity contribution is 7.14. The number of thiazole rings is 1. The number of aromatic nitrogens is 2. The molecule has 182 valence electrons. The topological polar surface area (TPSA) is 106 Å². The molecule has 0 radical (unpaired) electrons. The highest BCUT2D eigenvalue weighted by atomic mass is 32.1. The van der Waals surface area contributed by atoms with E-state index in [0.717, 1.165) is 11.3 Å². The average Bonchev–Trinajstić information content (AvgIpc) is 3.65. The van der Waals surface area contributed by atoms with Crippen LogP contribution in [-0.2, 0) is 4.79 Å². The first kappa shape index (κ1) is 24.8. The van der Waals surface area contributed by atoms with Crippen LogP contribution in [-0.4, -0.2) is 52.5 Å². The Balaban J connectivity index is 1.53. The van der Waals surface area contributed by atoms with E-state index in [2.05, 4.69) is 5.16 Å². The fraction of sp³-hybridized carbons (Fsp3) is 0.280. The van der Waals surface area contributed by atoms with E-state index in [1.807, 2.05) is 71.1 Å². The van der Waals surface area contributed by atoms with Crippen LogP contribution in [0.1, 0.15) is 29.9 Å². The summed E-state index contributed by atoms with van der Waals surface area (Å²) in [6.07, 6.45) is 0.665. The summed E-state index contributed by atoms with van der Waals surface area (Å²) in [4.78, 5) is 34.0. The van der Waals surface area contributed by atoms with Gasteiger partial charge in [0.05, 0.1) is 10.9 Å². The SMILES string of the molecule is CCN(CCCN(C(=O)c1cccs1)c1nc(-c2cc(-c3ccccc3)no2)cs1)C(C)C(N)=O. The summed E-state index contributed by atoms with van der Waals surface area (Å²) in [5, 5.41) is 8.50. The van der Waals surface area contributed by atoms with Gasteiger partial charge in [0.15, 0.2) is 10.9 Å². The van der Waals surface area contributed by atoms with Crippen LogP contribution >= 0.6 is 22.7 Å². The number of carbonyl (C=O) groups excluding carboxylic acids is 2. The van der Waals surface area contributed by atoms with Gasteiger partial charge in [0.25, 0.3) is 5.91 Å². The zero-order valence-corrected chi connectivity index (χ0v) is 21.2. The third kappa shape index (κ3) is 5.84. The minimum absolute atomic E-state index is 0.102. The van der Waals surface area contributed by atoms with Crippen LogP contribution in [0, 0.1) is 0 Å². The third-order valence-electron chi connectivity index (χ3n) is 5.72. The zero-order chi connectivity index (χ0) is 24.8. The molecule has 0 aliphatic heterocycles. The second-order valence-electron chi connectivity index (χ2n) is 7.95. The Morgan fingerprint density at radius 1 is 1.09 bits per heavy atom. The molecular weight excluding hydrogens is 482 g/mol. The highest BCUT2D eigenvalue weighted by Gasteiger charge is 2.24. The van der Waals surface area contributed by atoms with Crippen LogP contribution in [0.3, 0.4) is 0 Å². The number of primary amides is 1. The molecule has 1 aromatic carbocycles. The molecule has 1 atom stereocenters. The number of hydrogen-bond acceptors (Lipinski definition) is 8. The molecule has 0 saturated carbocycles. The molecule has 2 N–H and O–H groups in total. The Morgan fingerprint density at radius 3 is 2.57 bits per heavy atom. The lowest BCUT2D eigenvalue weighted by molar-refractivity contribution is -0.122. The Hall–Kier alpha value is -3.34. The number of benzene rings is 1. The molecular formula is C25H27N5O3S2. The summed E-state index contributed by atoms with van der Waals surface area (Å²) >= 11 is 2.78. The first-order valence-corrected chi connectivity index (χ1v) is 13.1. The lowest BCUT2D eigenvalue weighted by Gasteiger charge is -2.26. The first-order chi connectivity index (χ1) is 17.0. The van der Waals surface area contributed by atoms with E-state index in [1.54, 1.807) is 11.8 Å². The smallest absolute Gasteiger partial charge is 0.270 e. The number of nitrogens with zero attached hydrogens (tertiary/aromatic N) is 4. The molecule has 0 saturated heterocycles. The number of rotatable bonds is 11. The molecule has 0 fully saturated rings. The van der Waals surface area contributed by atoms with Gasteiger partial charge in [-0.2, -0.15) is 0 Å². The maximum Gasteiger partial charge on any atom is 0.270 e. The van der Waals surface area contributed by atoms with E-state index in [1.165, 1.54) is 22.7 Å². The number of hydrogen-bond donors (Lipinski definition) is 1. The van der Waals surface area contributed by atoms with Crippen molar-refractivity contribution in [3.05, 3.63) is 64.2 Å². The van der Waals surface area contributed by atoms with Gasteiger partial charge < -0.3 is 10.3 Å². The van der Waals surface area contributed by atoms with Crippen molar-refractivity contribution in [1.82, 2.24) is 15.0 Å². The molecule has 1 unspecified atom stereocenters. The van der Waals surface area contributed by atoms with Crippen molar-refractivity contribution in [2.45, 2.75) is 26.3 Å². The van der Waals surface area contributed by atoms with Gasteiger partial charge in [0, 0.05) is 30.1 Å². The van der Waals surface area contributed by atoms with Crippen molar-refractivity contribution in [3.63, 3.8) is 0 Å². The fourth-order valence-corrected chi connectivity index (χ4v) is 5.21. The summed E-state index contributed by atoms with van der Waals surface area (Å²) in [5.41, 5.74) is 7.79. The molecule has 0 aliphatic carbocycles. The monoisotopic (exact) mass is 509 g/mol. The summed E-state index contributed by atoms with van der Waals surface area (Å²) in [7, 11) is 0. The maximum atomic E-state index is 13.3. The molecule has 3 heterocycles. The van der Waals surface area contributed by atoms with Crippen LogP contribution < -0.4 is 10.6 Å². The van der Waals surface area contributed by atoms with Crippen molar-refractivity contribution in [2.75, 3.05) is 24.5 Å². The number of amides is 2. The first-order valence-electron chi connectivity index (χ1n) is 11.3. The lowest BCUT2D eigenvalue weighted by Crippen LogP contribution is -2.44. The molecule has 4 rings (SSSR count). The fourth-order valence-electron chi connectivity index (χ4n) is 3.70. The van der Waals surface area contributed by atoms with Crippen LogP contribution in [0.5, 0.6) is 0 Å². The second kappa shape index (κ2) is 11.4. The Labute approximate surface area is 212 Å². The highest BCUT2D eigenvalue weighted by Crippen LogP contribution is 2.31. The van der Waals surface area contributed by atoms with Crippen LogP contribution in [0.25, 0.3) is 22.7 Å². The van der Waals surface area contributed by atoms with Crippen molar-refractivity contribution < 1.29 is 14.1 Å². The van der Waals surface area contributed by atoms with Gasteiger partial charge in [-0.15, -0.1) is 22.7 Å².